The average molecular weight is 359 g/mol. The van der Waals surface area contributed by atoms with Gasteiger partial charge < -0.3 is 10.2 Å². The molecule has 6 heteroatoms. The van der Waals surface area contributed by atoms with Crippen molar-refractivity contribution >= 4 is 46.3 Å². The summed E-state index contributed by atoms with van der Waals surface area (Å²) in [6.07, 6.45) is 1.72. The van der Waals surface area contributed by atoms with Crippen LogP contribution < -0.4 is 10.2 Å². The second-order valence-electron chi connectivity index (χ2n) is 5.76. The van der Waals surface area contributed by atoms with Gasteiger partial charge in [-0.3, -0.25) is 9.59 Å². The van der Waals surface area contributed by atoms with Crippen molar-refractivity contribution in [3.05, 3.63) is 57.2 Å². The van der Waals surface area contributed by atoms with Gasteiger partial charge in [0, 0.05) is 7.05 Å². The lowest BCUT2D eigenvalue weighted by molar-refractivity contribution is 0.0972. The van der Waals surface area contributed by atoms with Gasteiger partial charge in [-0.05, 0) is 42.3 Å². The lowest BCUT2D eigenvalue weighted by Crippen LogP contribution is -2.37. The van der Waals surface area contributed by atoms with Crippen molar-refractivity contribution in [2.45, 2.75) is 6.92 Å². The molecule has 0 aliphatic carbocycles. The van der Waals surface area contributed by atoms with Crippen molar-refractivity contribution < 1.29 is 9.59 Å². The third kappa shape index (κ3) is 1.93. The Morgan fingerprint density at radius 1 is 1.04 bits per heavy atom. The number of hydrogen-bond acceptors (Lipinski definition) is 3. The van der Waals surface area contributed by atoms with E-state index in [0.717, 1.165) is 16.8 Å². The SMILES string of the molecule is C/C=C1/Nc2cc(-c3cc(Cl)c4c(c3)C(=O)N4C)cc(Cl)c2C1=O. The zero-order chi connectivity index (χ0) is 17.2. The predicted octanol–water partition coefficient (Wildman–Crippen LogP) is 4.76. The summed E-state index contributed by atoms with van der Waals surface area (Å²) in [7, 11) is 1.69. The van der Waals surface area contributed by atoms with Crippen LogP contribution in [-0.4, -0.2) is 18.7 Å². The van der Waals surface area contributed by atoms with Gasteiger partial charge in [-0.15, -0.1) is 0 Å². The number of rotatable bonds is 1. The Hall–Kier alpha value is -2.30. The van der Waals surface area contributed by atoms with Crippen LogP contribution in [0.2, 0.25) is 10.0 Å². The van der Waals surface area contributed by atoms with Crippen LogP contribution in [0.15, 0.2) is 36.0 Å². The Kier molecular flexibility index (Phi) is 3.24. The number of nitrogens with one attached hydrogen (secondary N) is 1. The van der Waals surface area contributed by atoms with Crippen LogP contribution in [0.1, 0.15) is 27.6 Å². The summed E-state index contributed by atoms with van der Waals surface area (Å²) in [5.41, 5.74) is 4.56. The summed E-state index contributed by atoms with van der Waals surface area (Å²) in [6, 6.07) is 7.17. The van der Waals surface area contributed by atoms with Crippen molar-refractivity contribution in [1.82, 2.24) is 0 Å². The van der Waals surface area contributed by atoms with E-state index in [0.29, 0.717) is 32.6 Å². The number of ketones is 1. The van der Waals surface area contributed by atoms with Crippen LogP contribution in [0, 0.1) is 0 Å². The fourth-order valence-electron chi connectivity index (χ4n) is 3.14. The number of amides is 1. The Morgan fingerprint density at radius 2 is 1.71 bits per heavy atom. The maximum atomic E-state index is 12.3. The van der Waals surface area contributed by atoms with Crippen molar-refractivity contribution in [2.75, 3.05) is 17.3 Å². The first-order chi connectivity index (χ1) is 11.4. The second-order valence-corrected chi connectivity index (χ2v) is 6.57. The number of Topliss-reactive ketones (excluding diaryl/α,β-unsaturated/α-hetero) is 1. The number of carbonyl (C=O) groups is 2. The highest BCUT2D eigenvalue weighted by molar-refractivity contribution is 6.39. The summed E-state index contributed by atoms with van der Waals surface area (Å²) in [4.78, 5) is 25.7. The maximum absolute atomic E-state index is 12.3. The number of allylic oxidation sites excluding steroid dienone is 2. The minimum atomic E-state index is -0.115. The number of nitrogens with zero attached hydrogens (tertiary/aromatic N) is 1. The summed E-state index contributed by atoms with van der Waals surface area (Å²) in [5, 5.41) is 3.96. The predicted molar refractivity (Wildman–Crippen MR) is 96.3 cm³/mol. The molecule has 0 atom stereocenters. The van der Waals surface area contributed by atoms with Crippen LogP contribution >= 0.6 is 23.2 Å². The molecule has 0 unspecified atom stereocenters. The first-order valence-corrected chi connectivity index (χ1v) is 8.11. The molecule has 0 aromatic heterocycles. The molecule has 2 aliphatic heterocycles. The molecule has 120 valence electrons. The fraction of sp³-hybridized carbons (Fsp3) is 0.111. The van der Waals surface area contributed by atoms with Crippen molar-refractivity contribution in [3.8, 4) is 11.1 Å². The van der Waals surface area contributed by atoms with Gasteiger partial charge in [0.1, 0.15) is 0 Å². The van der Waals surface area contributed by atoms with Gasteiger partial charge in [0.15, 0.2) is 0 Å². The minimum Gasteiger partial charge on any atom is -0.352 e. The molecule has 2 aliphatic rings. The van der Waals surface area contributed by atoms with E-state index in [-0.39, 0.29) is 11.7 Å². The molecular weight excluding hydrogens is 347 g/mol. The molecular formula is C18H12Cl2N2O2. The molecule has 0 fully saturated rings. The average Bonchev–Trinajstić information content (AvgIpc) is 2.89. The largest absolute Gasteiger partial charge is 0.352 e. The van der Waals surface area contributed by atoms with Crippen LogP contribution in [0.3, 0.4) is 0 Å². The third-order valence-corrected chi connectivity index (χ3v) is 4.97. The van der Waals surface area contributed by atoms with Gasteiger partial charge in [0.2, 0.25) is 5.78 Å². The number of halogens is 2. The molecule has 2 heterocycles. The van der Waals surface area contributed by atoms with E-state index >= 15 is 0 Å². The lowest BCUT2D eigenvalue weighted by Gasteiger charge is -2.31. The monoisotopic (exact) mass is 358 g/mol. The number of benzene rings is 2. The van der Waals surface area contributed by atoms with Crippen molar-refractivity contribution in [3.63, 3.8) is 0 Å². The molecule has 0 saturated carbocycles. The first-order valence-electron chi connectivity index (χ1n) is 7.36. The standard InChI is InChI=1S/C18H12Cl2N2O2/c1-3-13-17(23)15-11(19)5-9(7-14(15)21-13)8-4-10-16(12(20)6-8)22(2)18(10)24/h3-7,21H,1-2H3/b13-3+. The van der Waals surface area contributed by atoms with Gasteiger partial charge in [-0.1, -0.05) is 29.3 Å². The van der Waals surface area contributed by atoms with Crippen molar-refractivity contribution in [1.29, 1.82) is 0 Å². The van der Waals surface area contributed by atoms with Crippen LogP contribution in [0.5, 0.6) is 0 Å². The highest BCUT2D eigenvalue weighted by atomic mass is 35.5. The normalized spacial score (nSPS) is 16.8. The smallest absolute Gasteiger partial charge is 0.260 e. The molecule has 4 rings (SSSR count). The molecule has 1 N–H and O–H groups in total. The molecule has 0 saturated heterocycles. The van der Waals surface area contributed by atoms with E-state index in [1.54, 1.807) is 38.2 Å². The third-order valence-electron chi connectivity index (χ3n) is 4.39. The van der Waals surface area contributed by atoms with E-state index in [9.17, 15) is 9.59 Å². The highest BCUT2D eigenvalue weighted by Crippen LogP contribution is 2.43. The molecule has 0 radical (unpaired) electrons. The Morgan fingerprint density at radius 3 is 2.42 bits per heavy atom. The zero-order valence-corrected chi connectivity index (χ0v) is 14.4. The molecule has 2 aromatic rings. The molecule has 1 amide bonds. The summed E-state index contributed by atoms with van der Waals surface area (Å²) < 4.78 is 0. The number of hydrogen-bond donors (Lipinski definition) is 1. The van der Waals surface area contributed by atoms with Crippen LogP contribution in [0.25, 0.3) is 11.1 Å². The summed E-state index contributed by atoms with van der Waals surface area (Å²) in [5.74, 6) is -0.179. The molecule has 0 spiro atoms. The summed E-state index contributed by atoms with van der Waals surface area (Å²) >= 11 is 12.6. The van der Waals surface area contributed by atoms with Crippen molar-refractivity contribution in [2.24, 2.45) is 0 Å². The second kappa shape index (κ2) is 5.10. The summed E-state index contributed by atoms with van der Waals surface area (Å²) in [6.45, 7) is 1.79. The van der Waals surface area contributed by atoms with E-state index in [2.05, 4.69) is 5.32 Å². The number of fused-ring (bicyclic) bond motifs is 2. The fourth-order valence-corrected chi connectivity index (χ4v) is 3.79. The topological polar surface area (TPSA) is 49.4 Å². The number of carbonyl (C=O) groups excluding carboxylic acids is 2. The van der Waals surface area contributed by atoms with Gasteiger partial charge in [0.05, 0.1) is 38.2 Å². The van der Waals surface area contributed by atoms with Crippen LogP contribution in [0.4, 0.5) is 11.4 Å². The molecule has 4 nitrogen and oxygen atoms in total. The lowest BCUT2D eigenvalue weighted by atomic mass is 9.95. The van der Waals surface area contributed by atoms with Gasteiger partial charge in [-0.2, -0.15) is 0 Å². The molecule has 2 aromatic carbocycles. The Bertz CT molecular complexity index is 979. The van der Waals surface area contributed by atoms with Gasteiger partial charge >= 0.3 is 0 Å². The quantitative estimate of drug-likeness (QED) is 0.747. The molecule has 0 bridgehead atoms. The van der Waals surface area contributed by atoms with E-state index in [4.69, 9.17) is 23.2 Å². The van der Waals surface area contributed by atoms with Gasteiger partial charge in [-0.25, -0.2) is 0 Å². The van der Waals surface area contributed by atoms with E-state index < -0.39 is 0 Å². The number of anilines is 2. The highest BCUT2D eigenvalue weighted by Gasteiger charge is 2.33. The Balaban J connectivity index is 1.86. The molecule has 24 heavy (non-hydrogen) atoms. The first kappa shape index (κ1) is 15.2. The van der Waals surface area contributed by atoms with Crippen LogP contribution in [-0.2, 0) is 0 Å². The minimum absolute atomic E-state index is 0.0643. The Labute approximate surface area is 148 Å². The maximum Gasteiger partial charge on any atom is 0.260 e. The zero-order valence-electron chi connectivity index (χ0n) is 12.9. The van der Waals surface area contributed by atoms with Gasteiger partial charge in [0.25, 0.3) is 5.91 Å². The van der Waals surface area contributed by atoms with E-state index in [1.165, 1.54) is 4.90 Å². The van der Waals surface area contributed by atoms with E-state index in [1.807, 2.05) is 6.07 Å².